The summed E-state index contributed by atoms with van der Waals surface area (Å²) in [5.41, 5.74) is 7.18. The second-order valence-corrected chi connectivity index (χ2v) is 5.80. The number of ether oxygens (including phenoxy) is 1. The van der Waals surface area contributed by atoms with E-state index in [0.29, 0.717) is 0 Å². The summed E-state index contributed by atoms with van der Waals surface area (Å²) < 4.78 is 5.83. The molecule has 1 saturated carbocycles. The van der Waals surface area contributed by atoms with Gasteiger partial charge in [0.25, 0.3) is 0 Å². The lowest BCUT2D eigenvalue weighted by atomic mass is 9.95. The summed E-state index contributed by atoms with van der Waals surface area (Å²) in [5, 5.41) is 0. The number of nitrogens with zero attached hydrogens (tertiary/aromatic N) is 1. The molecule has 3 rings (SSSR count). The standard InChI is InChI=1S/C16H24N2O/c17-11-13-5-3-6-14(13)12-18-9-4-10-19-16-8-2-1-7-15(16)18/h1-2,7-8,13-14H,3-6,9-12,17H2. The molecule has 2 N–H and O–H groups in total. The van der Waals surface area contributed by atoms with Gasteiger partial charge in [0.2, 0.25) is 0 Å². The van der Waals surface area contributed by atoms with Crippen molar-refractivity contribution in [1.82, 2.24) is 0 Å². The number of rotatable bonds is 3. The lowest BCUT2D eigenvalue weighted by Gasteiger charge is -2.29. The van der Waals surface area contributed by atoms with Crippen LogP contribution in [0.4, 0.5) is 5.69 Å². The van der Waals surface area contributed by atoms with Crippen LogP contribution in [-0.2, 0) is 0 Å². The van der Waals surface area contributed by atoms with E-state index in [1.54, 1.807) is 0 Å². The molecule has 19 heavy (non-hydrogen) atoms. The number of benzene rings is 1. The van der Waals surface area contributed by atoms with Crippen molar-refractivity contribution in [3.8, 4) is 5.75 Å². The number of hydrogen-bond acceptors (Lipinski definition) is 3. The molecule has 2 atom stereocenters. The summed E-state index contributed by atoms with van der Waals surface area (Å²) in [5.74, 6) is 2.52. The van der Waals surface area contributed by atoms with Crippen LogP contribution in [0.5, 0.6) is 5.75 Å². The van der Waals surface area contributed by atoms with Crippen LogP contribution in [0.15, 0.2) is 24.3 Å². The maximum absolute atomic E-state index is 5.91. The highest BCUT2D eigenvalue weighted by atomic mass is 16.5. The van der Waals surface area contributed by atoms with Gasteiger partial charge in [0, 0.05) is 13.1 Å². The Kier molecular flexibility index (Phi) is 3.92. The number of hydrogen-bond donors (Lipinski definition) is 1. The van der Waals surface area contributed by atoms with Gasteiger partial charge >= 0.3 is 0 Å². The largest absolute Gasteiger partial charge is 0.491 e. The Morgan fingerprint density at radius 3 is 2.89 bits per heavy atom. The normalized spacial score (nSPS) is 26.7. The van der Waals surface area contributed by atoms with E-state index < -0.39 is 0 Å². The minimum atomic E-state index is 0.719. The van der Waals surface area contributed by atoms with Crippen LogP contribution < -0.4 is 15.4 Å². The first-order valence-corrected chi connectivity index (χ1v) is 7.55. The third kappa shape index (κ3) is 2.71. The summed E-state index contributed by atoms with van der Waals surface area (Å²) in [6.45, 7) is 3.92. The van der Waals surface area contributed by atoms with Crippen molar-refractivity contribution in [2.75, 3.05) is 31.1 Å². The highest BCUT2D eigenvalue weighted by molar-refractivity contribution is 5.59. The molecular weight excluding hydrogens is 236 g/mol. The van der Waals surface area contributed by atoms with Crippen LogP contribution in [0, 0.1) is 11.8 Å². The van der Waals surface area contributed by atoms with Gasteiger partial charge < -0.3 is 15.4 Å². The lowest BCUT2D eigenvalue weighted by Crippen LogP contribution is -2.33. The van der Waals surface area contributed by atoms with Gasteiger partial charge in [-0.3, -0.25) is 0 Å². The quantitative estimate of drug-likeness (QED) is 0.908. The summed E-state index contributed by atoms with van der Waals surface area (Å²) in [6.07, 6.45) is 5.10. The van der Waals surface area contributed by atoms with Crippen LogP contribution in [0.2, 0.25) is 0 Å². The number of nitrogens with two attached hydrogens (primary N) is 1. The summed E-state index contributed by atoms with van der Waals surface area (Å²) in [6, 6.07) is 8.44. The monoisotopic (exact) mass is 260 g/mol. The van der Waals surface area contributed by atoms with Gasteiger partial charge in [-0.15, -0.1) is 0 Å². The van der Waals surface area contributed by atoms with Crippen molar-refractivity contribution in [2.45, 2.75) is 25.7 Å². The van der Waals surface area contributed by atoms with Gasteiger partial charge in [-0.1, -0.05) is 18.6 Å². The maximum atomic E-state index is 5.91. The Labute approximate surface area is 115 Å². The first-order valence-electron chi connectivity index (χ1n) is 7.55. The van der Waals surface area contributed by atoms with E-state index in [1.807, 2.05) is 0 Å². The van der Waals surface area contributed by atoms with E-state index in [-0.39, 0.29) is 0 Å². The molecule has 0 radical (unpaired) electrons. The van der Waals surface area contributed by atoms with Crippen LogP contribution >= 0.6 is 0 Å². The fourth-order valence-corrected chi connectivity index (χ4v) is 3.54. The Balaban J connectivity index is 1.77. The zero-order chi connectivity index (χ0) is 13.1. The molecule has 1 aromatic rings. The van der Waals surface area contributed by atoms with Crippen LogP contribution in [0.3, 0.4) is 0 Å². The van der Waals surface area contributed by atoms with Crippen molar-refractivity contribution in [1.29, 1.82) is 0 Å². The predicted molar refractivity (Wildman–Crippen MR) is 78.7 cm³/mol. The molecule has 0 spiro atoms. The summed E-state index contributed by atoms with van der Waals surface area (Å²) >= 11 is 0. The molecule has 1 aromatic carbocycles. The molecule has 0 amide bonds. The second-order valence-electron chi connectivity index (χ2n) is 5.80. The van der Waals surface area contributed by atoms with Crippen molar-refractivity contribution in [3.63, 3.8) is 0 Å². The molecule has 3 nitrogen and oxygen atoms in total. The molecule has 1 heterocycles. The van der Waals surface area contributed by atoms with E-state index in [4.69, 9.17) is 10.5 Å². The van der Waals surface area contributed by atoms with E-state index in [0.717, 1.165) is 50.2 Å². The van der Waals surface area contributed by atoms with Gasteiger partial charge in [0.05, 0.1) is 12.3 Å². The molecule has 3 heteroatoms. The molecular formula is C16H24N2O. The number of para-hydroxylation sites is 2. The van der Waals surface area contributed by atoms with Crippen molar-refractivity contribution < 1.29 is 4.74 Å². The molecule has 0 bridgehead atoms. The van der Waals surface area contributed by atoms with Gasteiger partial charge in [0.15, 0.2) is 0 Å². The van der Waals surface area contributed by atoms with E-state index in [2.05, 4.69) is 29.2 Å². The van der Waals surface area contributed by atoms with Crippen LogP contribution in [0.25, 0.3) is 0 Å². The van der Waals surface area contributed by atoms with Gasteiger partial charge in [-0.2, -0.15) is 0 Å². The molecule has 2 unspecified atom stereocenters. The highest BCUT2D eigenvalue weighted by Crippen LogP contribution is 2.36. The Morgan fingerprint density at radius 2 is 2.00 bits per heavy atom. The average molecular weight is 260 g/mol. The summed E-state index contributed by atoms with van der Waals surface area (Å²) in [7, 11) is 0. The topological polar surface area (TPSA) is 38.5 Å². The molecule has 104 valence electrons. The van der Waals surface area contributed by atoms with Crippen molar-refractivity contribution >= 4 is 5.69 Å². The first kappa shape index (κ1) is 12.8. The minimum absolute atomic E-state index is 0.719. The average Bonchev–Trinajstić information content (AvgIpc) is 2.80. The minimum Gasteiger partial charge on any atom is -0.491 e. The molecule has 2 aliphatic rings. The fraction of sp³-hybridized carbons (Fsp3) is 0.625. The zero-order valence-corrected chi connectivity index (χ0v) is 11.6. The second kappa shape index (κ2) is 5.83. The molecule has 1 aliphatic heterocycles. The predicted octanol–water partition coefficient (Wildman–Crippen LogP) is 2.65. The van der Waals surface area contributed by atoms with Gasteiger partial charge in [-0.05, 0) is 49.8 Å². The highest BCUT2D eigenvalue weighted by Gasteiger charge is 2.29. The number of anilines is 1. The van der Waals surface area contributed by atoms with E-state index >= 15 is 0 Å². The van der Waals surface area contributed by atoms with E-state index in [1.165, 1.54) is 24.9 Å². The lowest BCUT2D eigenvalue weighted by molar-refractivity contribution is 0.322. The Bertz CT molecular complexity index is 421. The van der Waals surface area contributed by atoms with E-state index in [9.17, 15) is 0 Å². The molecule has 1 fully saturated rings. The number of fused-ring (bicyclic) bond motifs is 1. The fourth-order valence-electron chi connectivity index (χ4n) is 3.54. The zero-order valence-electron chi connectivity index (χ0n) is 11.6. The molecule has 0 saturated heterocycles. The third-order valence-electron chi connectivity index (χ3n) is 4.61. The van der Waals surface area contributed by atoms with Crippen LogP contribution in [0.1, 0.15) is 25.7 Å². The van der Waals surface area contributed by atoms with Gasteiger partial charge in [-0.25, -0.2) is 0 Å². The molecule has 1 aliphatic carbocycles. The maximum Gasteiger partial charge on any atom is 0.142 e. The summed E-state index contributed by atoms with van der Waals surface area (Å²) in [4.78, 5) is 2.51. The van der Waals surface area contributed by atoms with Crippen molar-refractivity contribution in [3.05, 3.63) is 24.3 Å². The van der Waals surface area contributed by atoms with Crippen molar-refractivity contribution in [2.24, 2.45) is 17.6 Å². The first-order chi connectivity index (χ1) is 9.38. The molecule has 0 aromatic heterocycles. The van der Waals surface area contributed by atoms with Crippen LogP contribution in [-0.4, -0.2) is 26.2 Å². The SMILES string of the molecule is NCC1CCCC1CN1CCCOc2ccccc21. The Hall–Kier alpha value is -1.22. The smallest absolute Gasteiger partial charge is 0.142 e. The Morgan fingerprint density at radius 1 is 1.16 bits per heavy atom. The third-order valence-corrected chi connectivity index (χ3v) is 4.61. The van der Waals surface area contributed by atoms with Gasteiger partial charge in [0.1, 0.15) is 5.75 Å².